The van der Waals surface area contributed by atoms with E-state index in [1.807, 2.05) is 43.3 Å². The van der Waals surface area contributed by atoms with Gasteiger partial charge in [0.25, 0.3) is 0 Å². The molecule has 88 valence electrons. The second-order valence-electron chi connectivity index (χ2n) is 3.80. The molecule has 1 heterocycles. The molecule has 0 atom stereocenters. The van der Waals surface area contributed by atoms with Crippen LogP contribution in [0.3, 0.4) is 0 Å². The number of rotatable bonds is 4. The first kappa shape index (κ1) is 11.9. The topological polar surface area (TPSA) is 22.1 Å². The van der Waals surface area contributed by atoms with Crippen LogP contribution in [0.4, 0.5) is 0 Å². The Kier molecular flexibility index (Phi) is 3.99. The van der Waals surface area contributed by atoms with Gasteiger partial charge in [-0.25, -0.2) is 0 Å². The molecule has 0 bridgehead atoms. The lowest BCUT2D eigenvalue weighted by Crippen LogP contribution is -2.01. The first-order valence-corrected chi connectivity index (χ1v) is 6.02. The van der Waals surface area contributed by atoms with E-state index in [0.717, 1.165) is 22.6 Å². The van der Waals surface area contributed by atoms with Crippen molar-refractivity contribution in [2.45, 2.75) is 19.4 Å². The maximum absolute atomic E-state index is 5.85. The van der Waals surface area contributed by atoms with Gasteiger partial charge in [-0.3, -0.25) is 4.98 Å². The molecule has 1 aromatic carbocycles. The molecule has 0 aliphatic rings. The van der Waals surface area contributed by atoms with Crippen molar-refractivity contribution in [3.63, 3.8) is 0 Å². The largest absolute Gasteiger partial charge is 0.487 e. The summed E-state index contributed by atoms with van der Waals surface area (Å²) in [5, 5.41) is 0. The summed E-state index contributed by atoms with van der Waals surface area (Å²) < 4.78 is 5.75. The molecule has 0 radical (unpaired) electrons. The number of ether oxygens (including phenoxy) is 1. The molecule has 0 unspecified atom stereocenters. The smallest absolute Gasteiger partial charge is 0.130 e. The Labute approximate surface area is 106 Å². The van der Waals surface area contributed by atoms with Crippen LogP contribution in [0.1, 0.15) is 16.8 Å². The van der Waals surface area contributed by atoms with Crippen LogP contribution in [0.25, 0.3) is 0 Å². The van der Waals surface area contributed by atoms with Gasteiger partial charge < -0.3 is 4.74 Å². The summed E-state index contributed by atoms with van der Waals surface area (Å²) in [6.07, 6.45) is 1.78. The van der Waals surface area contributed by atoms with Gasteiger partial charge in [-0.15, -0.1) is 11.6 Å². The van der Waals surface area contributed by atoms with E-state index in [1.165, 1.54) is 0 Å². The highest BCUT2D eigenvalue weighted by Gasteiger charge is 2.04. The van der Waals surface area contributed by atoms with Crippen LogP contribution in [-0.2, 0) is 12.5 Å². The lowest BCUT2D eigenvalue weighted by atomic mass is 10.2. The monoisotopic (exact) mass is 247 g/mol. The third-order valence-electron chi connectivity index (χ3n) is 2.60. The summed E-state index contributed by atoms with van der Waals surface area (Å²) in [7, 11) is 0. The molecule has 2 aromatic rings. The summed E-state index contributed by atoms with van der Waals surface area (Å²) in [6, 6.07) is 11.7. The highest BCUT2D eigenvalue weighted by molar-refractivity contribution is 6.17. The maximum Gasteiger partial charge on any atom is 0.130 e. The molecule has 3 heteroatoms. The minimum Gasteiger partial charge on any atom is -0.487 e. The van der Waals surface area contributed by atoms with E-state index >= 15 is 0 Å². The third kappa shape index (κ3) is 2.98. The summed E-state index contributed by atoms with van der Waals surface area (Å²) in [5.41, 5.74) is 3.09. The molecule has 2 rings (SSSR count). The Morgan fingerprint density at radius 1 is 1.18 bits per heavy atom. The number of hydrogen-bond acceptors (Lipinski definition) is 2. The molecule has 0 spiro atoms. The molecule has 17 heavy (non-hydrogen) atoms. The highest BCUT2D eigenvalue weighted by Crippen LogP contribution is 2.21. The number of aromatic nitrogens is 1. The minimum atomic E-state index is 0.456. The third-order valence-corrected chi connectivity index (χ3v) is 2.89. The van der Waals surface area contributed by atoms with Gasteiger partial charge in [0.1, 0.15) is 12.4 Å². The van der Waals surface area contributed by atoms with Crippen LogP contribution in [0.15, 0.2) is 42.6 Å². The zero-order valence-electron chi connectivity index (χ0n) is 9.69. The van der Waals surface area contributed by atoms with E-state index in [0.29, 0.717) is 12.5 Å². The average Bonchev–Trinajstić information content (AvgIpc) is 2.38. The Bertz CT molecular complexity index is 499. The SMILES string of the molecule is Cc1cccnc1COc1ccccc1CCl. The second kappa shape index (κ2) is 5.69. The van der Waals surface area contributed by atoms with Crippen molar-refractivity contribution in [2.75, 3.05) is 0 Å². The number of nitrogens with zero attached hydrogens (tertiary/aromatic N) is 1. The van der Waals surface area contributed by atoms with Crippen molar-refractivity contribution >= 4 is 11.6 Å². The number of hydrogen-bond donors (Lipinski definition) is 0. The Morgan fingerprint density at radius 3 is 2.76 bits per heavy atom. The number of halogens is 1. The van der Waals surface area contributed by atoms with Gasteiger partial charge >= 0.3 is 0 Å². The Hall–Kier alpha value is -1.54. The number of para-hydroxylation sites is 1. The molecule has 2 nitrogen and oxygen atoms in total. The molecule has 0 N–H and O–H groups in total. The summed E-state index contributed by atoms with van der Waals surface area (Å²) in [6.45, 7) is 2.50. The van der Waals surface area contributed by atoms with Crippen molar-refractivity contribution in [1.82, 2.24) is 4.98 Å². The van der Waals surface area contributed by atoms with Gasteiger partial charge in [0.2, 0.25) is 0 Å². The lowest BCUT2D eigenvalue weighted by Gasteiger charge is -2.10. The molecule has 1 aromatic heterocycles. The van der Waals surface area contributed by atoms with Gasteiger partial charge in [0.05, 0.1) is 11.6 Å². The van der Waals surface area contributed by atoms with Crippen LogP contribution in [0.2, 0.25) is 0 Å². The summed E-state index contributed by atoms with van der Waals surface area (Å²) in [4.78, 5) is 4.29. The van der Waals surface area contributed by atoms with Crippen LogP contribution >= 0.6 is 11.6 Å². The molecule has 0 saturated heterocycles. The first-order chi connectivity index (χ1) is 8.31. The average molecular weight is 248 g/mol. The van der Waals surface area contributed by atoms with Crippen molar-refractivity contribution in [2.24, 2.45) is 0 Å². The molecule has 0 fully saturated rings. The quantitative estimate of drug-likeness (QED) is 0.769. The van der Waals surface area contributed by atoms with Crippen molar-refractivity contribution in [3.05, 3.63) is 59.4 Å². The molecular weight excluding hydrogens is 234 g/mol. The van der Waals surface area contributed by atoms with E-state index in [1.54, 1.807) is 6.20 Å². The van der Waals surface area contributed by atoms with Gasteiger partial charge in [0.15, 0.2) is 0 Å². The highest BCUT2D eigenvalue weighted by atomic mass is 35.5. The summed E-state index contributed by atoms with van der Waals surface area (Å²) in [5.74, 6) is 1.28. The van der Waals surface area contributed by atoms with E-state index in [2.05, 4.69) is 4.98 Å². The zero-order valence-corrected chi connectivity index (χ0v) is 10.4. The first-order valence-electron chi connectivity index (χ1n) is 5.48. The van der Waals surface area contributed by atoms with Crippen molar-refractivity contribution in [1.29, 1.82) is 0 Å². The van der Waals surface area contributed by atoms with E-state index in [4.69, 9.17) is 16.3 Å². The van der Waals surface area contributed by atoms with Crippen LogP contribution in [0.5, 0.6) is 5.75 Å². The maximum atomic E-state index is 5.85. The van der Waals surface area contributed by atoms with E-state index < -0.39 is 0 Å². The predicted molar refractivity (Wildman–Crippen MR) is 69.3 cm³/mol. The van der Waals surface area contributed by atoms with Crippen LogP contribution in [-0.4, -0.2) is 4.98 Å². The van der Waals surface area contributed by atoms with Gasteiger partial charge in [-0.05, 0) is 24.6 Å². The lowest BCUT2D eigenvalue weighted by molar-refractivity contribution is 0.298. The van der Waals surface area contributed by atoms with Crippen molar-refractivity contribution in [3.8, 4) is 5.75 Å². The van der Waals surface area contributed by atoms with Gasteiger partial charge in [-0.2, -0.15) is 0 Å². The van der Waals surface area contributed by atoms with E-state index in [-0.39, 0.29) is 0 Å². The van der Waals surface area contributed by atoms with Gasteiger partial charge in [0, 0.05) is 11.8 Å². The summed E-state index contributed by atoms with van der Waals surface area (Å²) >= 11 is 5.85. The van der Waals surface area contributed by atoms with Crippen molar-refractivity contribution < 1.29 is 4.74 Å². The Morgan fingerprint density at radius 2 is 2.00 bits per heavy atom. The molecular formula is C14H14ClNO. The molecule has 0 amide bonds. The molecule has 0 aliphatic heterocycles. The molecule has 0 saturated carbocycles. The Balaban J connectivity index is 2.10. The fraction of sp³-hybridized carbons (Fsp3) is 0.214. The molecule has 0 aliphatic carbocycles. The van der Waals surface area contributed by atoms with Crippen LogP contribution < -0.4 is 4.74 Å². The fourth-order valence-corrected chi connectivity index (χ4v) is 1.79. The van der Waals surface area contributed by atoms with E-state index in [9.17, 15) is 0 Å². The number of pyridine rings is 1. The minimum absolute atomic E-state index is 0.456. The zero-order chi connectivity index (χ0) is 12.1. The standard InChI is InChI=1S/C14H14ClNO/c1-11-5-4-8-16-13(11)10-17-14-7-3-2-6-12(14)9-15/h2-8H,9-10H2,1H3. The predicted octanol–water partition coefficient (Wildman–Crippen LogP) is 3.71. The normalized spacial score (nSPS) is 10.2. The number of aryl methyl sites for hydroxylation is 1. The van der Waals surface area contributed by atoms with Crippen LogP contribution in [0, 0.1) is 6.92 Å². The number of benzene rings is 1. The van der Waals surface area contributed by atoms with Gasteiger partial charge in [-0.1, -0.05) is 24.3 Å². The second-order valence-corrected chi connectivity index (χ2v) is 4.06. The number of alkyl halides is 1. The fourth-order valence-electron chi connectivity index (χ4n) is 1.57.